The summed E-state index contributed by atoms with van der Waals surface area (Å²) in [6, 6.07) is 11.2. The van der Waals surface area contributed by atoms with E-state index in [4.69, 9.17) is 11.6 Å². The fraction of sp³-hybridized carbons (Fsp3) is 0.379. The number of sulfonamides is 1. The molecule has 2 aromatic carbocycles. The third-order valence-electron chi connectivity index (χ3n) is 6.51. The summed E-state index contributed by atoms with van der Waals surface area (Å²) in [5.74, 6) is -1.48. The van der Waals surface area contributed by atoms with Crippen molar-refractivity contribution in [2.75, 3.05) is 14.1 Å². The number of hydrogen-bond acceptors (Lipinski definition) is 7. The third-order valence-corrected chi connectivity index (χ3v) is 8.18. The molecular formula is C29H32ClF2N3O5S. The lowest BCUT2D eigenvalue weighted by atomic mass is 9.84. The summed E-state index contributed by atoms with van der Waals surface area (Å²) in [6.07, 6.45) is -4.02. The maximum atomic E-state index is 13.6. The molecule has 1 aliphatic rings. The number of alkyl halides is 2. The predicted molar refractivity (Wildman–Crippen MR) is 152 cm³/mol. The Balaban J connectivity index is 1.66. The van der Waals surface area contributed by atoms with Crippen LogP contribution in [0.4, 0.5) is 8.78 Å². The van der Waals surface area contributed by atoms with Crippen LogP contribution in [0.25, 0.3) is 11.3 Å². The number of benzene rings is 2. The van der Waals surface area contributed by atoms with E-state index in [-0.39, 0.29) is 45.5 Å². The molecule has 1 N–H and O–H groups in total. The monoisotopic (exact) mass is 607 g/mol. The summed E-state index contributed by atoms with van der Waals surface area (Å²) in [5.41, 5.74) is 3.91. The minimum absolute atomic E-state index is 0.00836. The minimum Gasteiger partial charge on any atom is -0.393 e. The summed E-state index contributed by atoms with van der Waals surface area (Å²) in [5, 5.41) is 0.0858. The molecule has 0 atom stereocenters. The van der Waals surface area contributed by atoms with E-state index in [1.165, 1.54) is 18.2 Å². The first-order valence-corrected chi connectivity index (χ1v) is 14.8. The number of fused-ring (bicyclic) bond motifs is 1. The Kier molecular flexibility index (Phi) is 8.63. The van der Waals surface area contributed by atoms with Crippen LogP contribution in [0, 0.1) is 0 Å². The molecule has 2 heterocycles. The lowest BCUT2D eigenvalue weighted by Crippen LogP contribution is -2.32. The number of hydrogen-bond donors (Lipinski definition) is 1. The van der Waals surface area contributed by atoms with Crippen molar-refractivity contribution < 1.29 is 31.5 Å². The van der Waals surface area contributed by atoms with Gasteiger partial charge in [0.05, 0.1) is 22.0 Å². The average Bonchev–Trinajstić information content (AvgIpc) is 3.15. The van der Waals surface area contributed by atoms with E-state index in [0.717, 1.165) is 16.7 Å². The summed E-state index contributed by atoms with van der Waals surface area (Å²) < 4.78 is 64.3. The van der Waals surface area contributed by atoms with Crippen LogP contribution in [0.5, 0.6) is 11.6 Å². The van der Waals surface area contributed by atoms with E-state index in [1.54, 1.807) is 24.3 Å². The zero-order chi connectivity index (χ0) is 30.3. The second-order valence-corrected chi connectivity index (χ2v) is 12.9. The Morgan fingerprint density at radius 2 is 1.61 bits per heavy atom. The number of ether oxygens (including phenoxy) is 2. The molecule has 8 nitrogen and oxygen atoms in total. The molecule has 4 rings (SSSR count). The maximum absolute atomic E-state index is 13.6. The Hall–Kier alpha value is -3.28. The molecule has 1 aliphatic heterocycles. The van der Waals surface area contributed by atoms with Crippen LogP contribution >= 0.6 is 11.6 Å². The van der Waals surface area contributed by atoms with Crippen LogP contribution in [0.2, 0.25) is 5.02 Å². The van der Waals surface area contributed by atoms with Gasteiger partial charge in [-0.2, -0.15) is 0 Å². The van der Waals surface area contributed by atoms with Gasteiger partial charge in [0.15, 0.2) is 5.75 Å². The maximum Gasteiger partial charge on any atom is 0.587 e. The van der Waals surface area contributed by atoms with E-state index >= 15 is 0 Å². The van der Waals surface area contributed by atoms with Crippen molar-refractivity contribution in [3.63, 3.8) is 0 Å². The number of pyridine rings is 1. The van der Waals surface area contributed by atoms with Crippen molar-refractivity contribution in [2.45, 2.75) is 63.7 Å². The average molecular weight is 608 g/mol. The van der Waals surface area contributed by atoms with Crippen LogP contribution in [-0.4, -0.2) is 44.6 Å². The lowest BCUT2D eigenvalue weighted by Gasteiger charge is -2.22. The molecule has 1 aromatic heterocycles. The summed E-state index contributed by atoms with van der Waals surface area (Å²) in [4.78, 5) is 19.3. The predicted octanol–water partition coefficient (Wildman–Crippen LogP) is 6.08. The van der Waals surface area contributed by atoms with E-state index in [1.807, 2.05) is 46.7 Å². The Labute approximate surface area is 243 Å². The van der Waals surface area contributed by atoms with Gasteiger partial charge in [-0.25, -0.2) is 18.1 Å². The quantitative estimate of drug-likeness (QED) is 0.315. The van der Waals surface area contributed by atoms with Gasteiger partial charge in [0, 0.05) is 18.2 Å². The largest absolute Gasteiger partial charge is 0.587 e. The highest BCUT2D eigenvalue weighted by atomic mass is 35.5. The highest BCUT2D eigenvalue weighted by Crippen LogP contribution is 2.44. The molecule has 0 fully saturated rings. The molecule has 1 amide bonds. The van der Waals surface area contributed by atoms with Gasteiger partial charge in [-0.1, -0.05) is 51.4 Å². The molecule has 12 heteroatoms. The first kappa shape index (κ1) is 30.7. The summed E-state index contributed by atoms with van der Waals surface area (Å²) >= 11 is 6.41. The van der Waals surface area contributed by atoms with Gasteiger partial charge in [-0.3, -0.25) is 4.79 Å². The van der Waals surface area contributed by atoms with Crippen LogP contribution < -0.4 is 14.2 Å². The van der Waals surface area contributed by atoms with Gasteiger partial charge < -0.3 is 14.4 Å². The number of rotatable bonds is 9. The first-order chi connectivity index (χ1) is 19.1. The van der Waals surface area contributed by atoms with Crippen LogP contribution in [0.1, 0.15) is 61.8 Å². The van der Waals surface area contributed by atoms with Crippen molar-refractivity contribution in [3.05, 3.63) is 69.7 Å². The zero-order valence-corrected chi connectivity index (χ0v) is 25.2. The Morgan fingerprint density at radius 1 is 1.02 bits per heavy atom. The van der Waals surface area contributed by atoms with Gasteiger partial charge in [0.2, 0.25) is 5.91 Å². The molecule has 0 unspecified atom stereocenters. The molecule has 3 aromatic rings. The second kappa shape index (κ2) is 11.5. The molecule has 0 radical (unpaired) electrons. The van der Waals surface area contributed by atoms with Gasteiger partial charge >= 0.3 is 6.29 Å². The van der Waals surface area contributed by atoms with E-state index in [9.17, 15) is 22.0 Å². The first-order valence-electron chi connectivity index (χ1n) is 13.0. The molecular weight excluding hydrogens is 576 g/mol. The molecule has 220 valence electrons. The number of carbonyl (C=O) groups excluding carboxylic acids is 1. The van der Waals surface area contributed by atoms with E-state index in [2.05, 4.69) is 19.2 Å². The zero-order valence-electron chi connectivity index (χ0n) is 23.6. The number of carbonyl (C=O) groups is 1. The van der Waals surface area contributed by atoms with E-state index < -0.39 is 22.2 Å². The highest BCUT2D eigenvalue weighted by molar-refractivity contribution is 7.90. The van der Waals surface area contributed by atoms with Crippen LogP contribution in [0.15, 0.2) is 47.4 Å². The second-order valence-electron chi connectivity index (χ2n) is 10.8. The fourth-order valence-corrected chi connectivity index (χ4v) is 5.93. The number of nitrogens with one attached hydrogen (secondary N) is 1. The molecule has 0 saturated carbocycles. The van der Waals surface area contributed by atoms with E-state index in [0.29, 0.717) is 17.7 Å². The smallest absolute Gasteiger partial charge is 0.393 e. The van der Waals surface area contributed by atoms with Crippen molar-refractivity contribution in [1.82, 2.24) is 14.6 Å². The van der Waals surface area contributed by atoms with Crippen LogP contribution in [-0.2, 0) is 27.8 Å². The third kappa shape index (κ3) is 6.97. The van der Waals surface area contributed by atoms with Crippen molar-refractivity contribution in [3.8, 4) is 22.9 Å². The molecule has 0 spiro atoms. The van der Waals surface area contributed by atoms with Gasteiger partial charge in [-0.15, -0.1) is 8.78 Å². The molecule has 0 saturated heterocycles. The highest BCUT2D eigenvalue weighted by Gasteiger charge is 2.45. The standard InChI is InChI=1S/C29H32ClF2N3O5S/c1-16(2)21-11-19(27-24(30)14-25-28(33-27)40-29(31,32)39-25)12-22(17(3)4)23(21)13-26(36)34-41(37,38)20-9-7-18(8-10-20)15-35(5)6/h7-12,14,16-17H,13,15H2,1-6H3,(H,34,36). The van der Waals surface area contributed by atoms with Crippen molar-refractivity contribution >= 4 is 27.5 Å². The number of nitrogens with zero attached hydrogens (tertiary/aromatic N) is 2. The van der Waals surface area contributed by atoms with Gasteiger partial charge in [0.1, 0.15) is 0 Å². The van der Waals surface area contributed by atoms with Crippen LogP contribution in [0.3, 0.4) is 0 Å². The van der Waals surface area contributed by atoms with Gasteiger partial charge in [0.25, 0.3) is 15.9 Å². The number of amides is 1. The van der Waals surface area contributed by atoms with Crippen molar-refractivity contribution in [2.24, 2.45) is 0 Å². The molecule has 41 heavy (non-hydrogen) atoms. The fourth-order valence-electron chi connectivity index (χ4n) is 4.70. The topological polar surface area (TPSA) is 97.8 Å². The summed E-state index contributed by atoms with van der Waals surface area (Å²) in [7, 11) is -0.266. The molecule has 0 bridgehead atoms. The Bertz CT molecular complexity index is 1550. The number of halogens is 3. The minimum atomic E-state index is -4.09. The van der Waals surface area contributed by atoms with Gasteiger partial charge in [-0.05, 0) is 72.5 Å². The SMILES string of the molecule is CC(C)c1cc(-c2nc3c(cc2Cl)OC(F)(F)O3)cc(C(C)C)c1CC(=O)NS(=O)(=O)c1ccc(CN(C)C)cc1. The normalized spacial score (nSPS) is 14.2. The summed E-state index contributed by atoms with van der Waals surface area (Å²) in [6.45, 7) is 8.40. The lowest BCUT2D eigenvalue weighted by molar-refractivity contribution is -0.287. The number of aromatic nitrogens is 1. The molecule has 0 aliphatic carbocycles. The van der Waals surface area contributed by atoms with Crippen molar-refractivity contribution in [1.29, 1.82) is 0 Å². The Morgan fingerprint density at radius 3 is 2.15 bits per heavy atom.